The van der Waals surface area contributed by atoms with E-state index in [1.165, 1.54) is 14.2 Å². The smallest absolute Gasteiger partial charge is 0.317 e. The molecule has 0 bridgehead atoms. The minimum absolute atomic E-state index is 0.385. The Morgan fingerprint density at radius 3 is 2.20 bits per heavy atom. The first-order valence-corrected chi connectivity index (χ1v) is 4.28. The average molecular weight is 207 g/mol. The van der Waals surface area contributed by atoms with Crippen LogP contribution in [0.3, 0.4) is 0 Å². The van der Waals surface area contributed by atoms with Gasteiger partial charge in [0.2, 0.25) is 0 Å². The number of carbonyl (C=O) groups is 2. The third-order valence-electron chi connectivity index (χ3n) is 1.82. The monoisotopic (exact) mass is 207 g/mol. The van der Waals surface area contributed by atoms with E-state index in [1.807, 2.05) is 0 Å². The summed E-state index contributed by atoms with van der Waals surface area (Å²) in [5, 5.41) is 0. The van der Waals surface area contributed by atoms with Crippen molar-refractivity contribution in [1.82, 2.24) is 0 Å². The van der Waals surface area contributed by atoms with Crippen LogP contribution >= 0.6 is 0 Å². The van der Waals surface area contributed by atoms with E-state index in [4.69, 9.17) is 4.74 Å². The number of ketones is 1. The second kappa shape index (κ2) is 5.14. The lowest BCUT2D eigenvalue weighted by molar-refractivity contribution is -0.136. The molecule has 0 aliphatic rings. The van der Waals surface area contributed by atoms with Gasteiger partial charge in [-0.3, -0.25) is 9.59 Å². The average Bonchev–Trinajstić information content (AvgIpc) is 2.29. The van der Waals surface area contributed by atoms with E-state index < -0.39 is 5.97 Å². The first kappa shape index (κ1) is 11.2. The van der Waals surface area contributed by atoms with Crippen molar-refractivity contribution in [2.24, 2.45) is 0 Å². The molecule has 0 heterocycles. The first-order valence-electron chi connectivity index (χ1n) is 4.28. The summed E-state index contributed by atoms with van der Waals surface area (Å²) < 4.78 is 9.29. The summed E-state index contributed by atoms with van der Waals surface area (Å²) in [4.78, 5) is 22.2. The molecule has 4 heteroatoms. The number of methoxy groups -OCH3 is 2. The van der Waals surface area contributed by atoms with E-state index in [9.17, 15) is 9.59 Å². The SMILES string of the molecule is COC(=O)[CH]C(=O)c1ccc(OC)cc1. The van der Waals surface area contributed by atoms with Gasteiger partial charge in [-0.25, -0.2) is 0 Å². The van der Waals surface area contributed by atoms with E-state index in [0.29, 0.717) is 11.3 Å². The molecule has 79 valence electrons. The van der Waals surface area contributed by atoms with Crippen molar-refractivity contribution in [3.05, 3.63) is 36.2 Å². The van der Waals surface area contributed by atoms with Crippen LogP contribution in [-0.2, 0) is 9.53 Å². The van der Waals surface area contributed by atoms with Gasteiger partial charge in [0.25, 0.3) is 0 Å². The maximum Gasteiger partial charge on any atom is 0.317 e. The normalized spacial score (nSPS) is 9.47. The van der Waals surface area contributed by atoms with Gasteiger partial charge in [0.05, 0.1) is 14.2 Å². The molecule has 0 N–H and O–H groups in total. The quantitative estimate of drug-likeness (QED) is 0.423. The molecule has 1 rings (SSSR count). The number of hydrogen-bond donors (Lipinski definition) is 0. The second-order valence-corrected chi connectivity index (χ2v) is 2.76. The lowest BCUT2D eigenvalue weighted by atomic mass is 10.1. The number of carbonyl (C=O) groups excluding carboxylic acids is 2. The van der Waals surface area contributed by atoms with Crippen LogP contribution in [0.5, 0.6) is 5.75 Å². The Morgan fingerprint density at radius 1 is 1.13 bits per heavy atom. The van der Waals surface area contributed by atoms with Crippen LogP contribution in [0.15, 0.2) is 24.3 Å². The summed E-state index contributed by atoms with van der Waals surface area (Å²) in [6.45, 7) is 0. The van der Waals surface area contributed by atoms with Gasteiger partial charge in [0.1, 0.15) is 12.2 Å². The largest absolute Gasteiger partial charge is 0.497 e. The van der Waals surface area contributed by atoms with E-state index in [1.54, 1.807) is 24.3 Å². The standard InChI is InChI=1S/C11H11O4/c1-14-9-5-3-8(4-6-9)10(12)7-11(13)15-2/h3-7H,1-2H3. The molecule has 0 saturated carbocycles. The van der Waals surface area contributed by atoms with Gasteiger partial charge in [-0.1, -0.05) is 0 Å². The van der Waals surface area contributed by atoms with Crippen molar-refractivity contribution in [1.29, 1.82) is 0 Å². The Labute approximate surface area is 87.8 Å². The molecule has 4 nitrogen and oxygen atoms in total. The minimum Gasteiger partial charge on any atom is -0.497 e. The van der Waals surface area contributed by atoms with Crippen LogP contribution in [0.4, 0.5) is 0 Å². The Balaban J connectivity index is 2.70. The molecule has 1 aromatic rings. The lowest BCUT2D eigenvalue weighted by Gasteiger charge is -2.01. The number of ether oxygens (including phenoxy) is 2. The van der Waals surface area contributed by atoms with Gasteiger partial charge in [-0.15, -0.1) is 0 Å². The van der Waals surface area contributed by atoms with E-state index in [-0.39, 0.29) is 5.78 Å². The summed E-state index contributed by atoms with van der Waals surface area (Å²) in [5.74, 6) is -0.384. The molecule has 0 aromatic heterocycles. The molecule has 0 spiro atoms. The summed E-state index contributed by atoms with van der Waals surface area (Å²) in [6, 6.07) is 6.47. The lowest BCUT2D eigenvalue weighted by Crippen LogP contribution is -2.10. The Bertz CT molecular complexity index is 353. The fourth-order valence-corrected chi connectivity index (χ4v) is 1.00. The second-order valence-electron chi connectivity index (χ2n) is 2.76. The molecule has 1 aromatic carbocycles. The van der Waals surface area contributed by atoms with Crippen molar-refractivity contribution in [3.8, 4) is 5.75 Å². The van der Waals surface area contributed by atoms with Crippen molar-refractivity contribution in [3.63, 3.8) is 0 Å². The maximum absolute atomic E-state index is 11.4. The van der Waals surface area contributed by atoms with E-state index in [2.05, 4.69) is 4.74 Å². The Hall–Kier alpha value is -1.84. The van der Waals surface area contributed by atoms with Crippen molar-refractivity contribution < 1.29 is 19.1 Å². The highest BCUT2D eigenvalue weighted by atomic mass is 16.5. The fourth-order valence-electron chi connectivity index (χ4n) is 1.00. The molecular formula is C11H11O4. The minimum atomic E-state index is -0.657. The molecule has 0 fully saturated rings. The molecule has 0 saturated heterocycles. The zero-order chi connectivity index (χ0) is 11.3. The van der Waals surface area contributed by atoms with Gasteiger partial charge in [0.15, 0.2) is 5.78 Å². The number of Topliss-reactive ketones (excluding diaryl/α,β-unsaturated/α-hetero) is 1. The molecule has 0 unspecified atom stereocenters. The molecular weight excluding hydrogens is 196 g/mol. The first-order chi connectivity index (χ1) is 7.17. The van der Waals surface area contributed by atoms with Gasteiger partial charge in [0, 0.05) is 5.56 Å². The zero-order valence-electron chi connectivity index (χ0n) is 8.52. The summed E-state index contributed by atoms with van der Waals surface area (Å²) >= 11 is 0. The molecule has 0 amide bonds. The summed E-state index contributed by atoms with van der Waals surface area (Å²) in [6.07, 6.45) is 0.905. The highest BCUT2D eigenvalue weighted by Gasteiger charge is 2.12. The van der Waals surface area contributed by atoms with Crippen LogP contribution < -0.4 is 4.74 Å². The van der Waals surface area contributed by atoms with Crippen LogP contribution in [0, 0.1) is 6.42 Å². The van der Waals surface area contributed by atoms with Crippen molar-refractivity contribution in [2.45, 2.75) is 0 Å². The molecule has 0 aliphatic carbocycles. The maximum atomic E-state index is 11.4. The van der Waals surface area contributed by atoms with Gasteiger partial charge in [-0.2, -0.15) is 0 Å². The third kappa shape index (κ3) is 3.09. The van der Waals surface area contributed by atoms with Crippen LogP contribution in [-0.4, -0.2) is 26.0 Å². The number of hydrogen-bond acceptors (Lipinski definition) is 4. The van der Waals surface area contributed by atoms with Crippen molar-refractivity contribution >= 4 is 11.8 Å². The van der Waals surface area contributed by atoms with E-state index in [0.717, 1.165) is 6.42 Å². The molecule has 15 heavy (non-hydrogen) atoms. The van der Waals surface area contributed by atoms with Crippen LogP contribution in [0.25, 0.3) is 0 Å². The number of benzene rings is 1. The molecule has 1 radical (unpaired) electrons. The van der Waals surface area contributed by atoms with Gasteiger partial charge in [-0.05, 0) is 24.3 Å². The number of esters is 1. The summed E-state index contributed by atoms with van der Waals surface area (Å²) in [7, 11) is 2.76. The predicted molar refractivity (Wildman–Crippen MR) is 53.6 cm³/mol. The van der Waals surface area contributed by atoms with Gasteiger partial charge < -0.3 is 9.47 Å². The van der Waals surface area contributed by atoms with E-state index >= 15 is 0 Å². The van der Waals surface area contributed by atoms with Crippen molar-refractivity contribution in [2.75, 3.05) is 14.2 Å². The highest BCUT2D eigenvalue weighted by Crippen LogP contribution is 2.12. The predicted octanol–water partition coefficient (Wildman–Crippen LogP) is 1.26. The fraction of sp³-hybridized carbons (Fsp3) is 0.182. The summed E-state index contributed by atoms with van der Waals surface area (Å²) in [5.41, 5.74) is 0.418. The molecule has 0 atom stereocenters. The van der Waals surface area contributed by atoms with Crippen LogP contribution in [0.1, 0.15) is 10.4 Å². The molecule has 0 aliphatic heterocycles. The third-order valence-corrected chi connectivity index (χ3v) is 1.82. The zero-order valence-corrected chi connectivity index (χ0v) is 8.52. The number of rotatable bonds is 4. The Morgan fingerprint density at radius 2 is 1.73 bits per heavy atom. The Kier molecular flexibility index (Phi) is 3.85. The highest BCUT2D eigenvalue weighted by molar-refractivity contribution is 6.15. The topological polar surface area (TPSA) is 52.6 Å². The van der Waals surface area contributed by atoms with Gasteiger partial charge >= 0.3 is 5.97 Å². The van der Waals surface area contributed by atoms with Crippen LogP contribution in [0.2, 0.25) is 0 Å².